The van der Waals surface area contributed by atoms with Crippen LogP contribution in [-0.4, -0.2) is 32.7 Å². The molecule has 0 fully saturated rings. The van der Waals surface area contributed by atoms with Crippen molar-refractivity contribution in [1.29, 1.82) is 0 Å². The Labute approximate surface area is 149 Å². The molecule has 1 aromatic heterocycles. The molecular weight excluding hydrogens is 344 g/mol. The molecule has 132 valence electrons. The largest absolute Gasteiger partial charge is 0.478 e. The Bertz CT molecular complexity index is 786. The minimum Gasteiger partial charge on any atom is -0.478 e. The van der Waals surface area contributed by atoms with Gasteiger partial charge in [-0.25, -0.2) is 0 Å². The van der Waals surface area contributed by atoms with Gasteiger partial charge in [0.15, 0.2) is 0 Å². The molecule has 1 N–H and O–H groups in total. The molecule has 1 aromatic carbocycles. The Morgan fingerprint density at radius 2 is 2.20 bits per heavy atom. The van der Waals surface area contributed by atoms with E-state index in [1.807, 2.05) is 30.3 Å². The highest BCUT2D eigenvalue weighted by atomic mass is 32.2. The van der Waals surface area contributed by atoms with E-state index in [0.29, 0.717) is 6.54 Å². The van der Waals surface area contributed by atoms with Gasteiger partial charge in [0.2, 0.25) is 12.0 Å². The first-order chi connectivity index (χ1) is 12.0. The molecule has 2 rings (SSSR count). The Morgan fingerprint density at radius 3 is 2.80 bits per heavy atom. The molecule has 0 amide bonds. The third-order valence-corrected chi connectivity index (χ3v) is 3.93. The molecule has 0 bridgehead atoms. The summed E-state index contributed by atoms with van der Waals surface area (Å²) in [6.45, 7) is 2.48. The quantitative estimate of drug-likeness (QED) is 0.254. The van der Waals surface area contributed by atoms with Gasteiger partial charge < -0.3 is 9.84 Å². The Hall–Kier alpha value is -2.81. The van der Waals surface area contributed by atoms with Gasteiger partial charge in [-0.2, -0.15) is 4.57 Å². The van der Waals surface area contributed by atoms with Crippen molar-refractivity contribution in [1.82, 2.24) is 9.78 Å². The van der Waals surface area contributed by atoms with E-state index < -0.39 is 10.9 Å². The number of aliphatic hydroxyl groups is 1. The number of aromatic nitrogens is 3. The summed E-state index contributed by atoms with van der Waals surface area (Å²) < 4.78 is 8.32. The Morgan fingerprint density at radius 1 is 1.48 bits per heavy atom. The minimum atomic E-state index is -0.569. The van der Waals surface area contributed by atoms with Gasteiger partial charge in [-0.05, 0) is 18.7 Å². The number of thioether (sulfide) groups is 1. The number of ether oxygens (including phenoxy) is 1. The number of nitrogens with zero attached hydrogens (tertiary/aromatic N) is 4. The standard InChI is InChI=1S/C16H18N4O4S/c1-3-24-16(21)15(14(25-2)10-20(22)23)18-11-17-19(12-18)9-13-7-5-4-6-8-13/h4-8,10-12H,3,9H2,1-2H3/p+1/b14-10-,16-15+. The zero-order valence-corrected chi connectivity index (χ0v) is 14.7. The van der Waals surface area contributed by atoms with E-state index in [0.717, 1.165) is 23.5 Å². The molecule has 0 unspecified atom stereocenters. The SMILES string of the molecule is CCO/C(O)=C(\C(=C\[N+](=O)[O-])SC)[n+]1cnn(Cc2ccccc2)c1. The number of aliphatic hydroxyl groups excluding tert-OH is 1. The van der Waals surface area contributed by atoms with Gasteiger partial charge >= 0.3 is 5.95 Å². The molecule has 2 aromatic rings. The van der Waals surface area contributed by atoms with Gasteiger partial charge in [-0.1, -0.05) is 30.3 Å². The predicted molar refractivity (Wildman–Crippen MR) is 94.0 cm³/mol. The number of hydrogen-bond acceptors (Lipinski definition) is 6. The van der Waals surface area contributed by atoms with Crippen molar-refractivity contribution in [3.63, 3.8) is 0 Å². The average Bonchev–Trinajstić information content (AvgIpc) is 3.03. The number of benzene rings is 1. The van der Waals surface area contributed by atoms with Crippen LogP contribution in [0.25, 0.3) is 5.70 Å². The maximum absolute atomic E-state index is 10.9. The van der Waals surface area contributed by atoms with Crippen molar-refractivity contribution in [3.8, 4) is 0 Å². The first-order valence-corrected chi connectivity index (χ1v) is 8.71. The zero-order chi connectivity index (χ0) is 18.2. The predicted octanol–water partition coefficient (Wildman–Crippen LogP) is 2.42. The third-order valence-electron chi connectivity index (χ3n) is 3.19. The van der Waals surface area contributed by atoms with Crippen LogP contribution < -0.4 is 4.57 Å². The number of hydrogen-bond donors (Lipinski definition) is 1. The lowest BCUT2D eigenvalue weighted by Gasteiger charge is -2.08. The summed E-state index contributed by atoms with van der Waals surface area (Å²) in [5, 5.41) is 25.3. The van der Waals surface area contributed by atoms with E-state index in [1.165, 1.54) is 10.9 Å². The van der Waals surface area contributed by atoms with Gasteiger partial charge in [0.1, 0.15) is 11.4 Å². The second-order valence-corrected chi connectivity index (χ2v) is 5.75. The summed E-state index contributed by atoms with van der Waals surface area (Å²) in [6, 6.07) is 9.75. The molecule has 8 nitrogen and oxygen atoms in total. The second-order valence-electron chi connectivity index (χ2n) is 4.91. The summed E-state index contributed by atoms with van der Waals surface area (Å²) in [6.07, 6.45) is 5.62. The monoisotopic (exact) mass is 363 g/mol. The van der Waals surface area contributed by atoms with E-state index in [2.05, 4.69) is 5.10 Å². The zero-order valence-electron chi connectivity index (χ0n) is 13.9. The van der Waals surface area contributed by atoms with E-state index in [-0.39, 0.29) is 17.2 Å². The highest BCUT2D eigenvalue weighted by molar-refractivity contribution is 8.02. The summed E-state index contributed by atoms with van der Waals surface area (Å²) in [7, 11) is 0. The van der Waals surface area contributed by atoms with Crippen LogP contribution in [0, 0.1) is 10.1 Å². The highest BCUT2D eigenvalue weighted by Gasteiger charge is 2.23. The van der Waals surface area contributed by atoms with Crippen LogP contribution in [0.4, 0.5) is 0 Å². The summed E-state index contributed by atoms with van der Waals surface area (Å²) in [4.78, 5) is 10.6. The number of nitro groups is 1. The van der Waals surface area contributed by atoms with Gasteiger partial charge in [0, 0.05) is 5.10 Å². The second kappa shape index (κ2) is 8.88. The maximum atomic E-state index is 10.9. The Kier molecular flexibility index (Phi) is 6.58. The van der Waals surface area contributed by atoms with Gasteiger partial charge in [-0.15, -0.1) is 16.4 Å². The van der Waals surface area contributed by atoms with E-state index >= 15 is 0 Å². The topological polar surface area (TPSA) is 94.3 Å². The van der Waals surface area contributed by atoms with E-state index in [9.17, 15) is 15.2 Å². The molecule has 25 heavy (non-hydrogen) atoms. The van der Waals surface area contributed by atoms with Crippen LogP contribution in [0.5, 0.6) is 0 Å². The van der Waals surface area contributed by atoms with Crippen LogP contribution in [0.15, 0.2) is 60.0 Å². The first-order valence-electron chi connectivity index (χ1n) is 7.48. The summed E-state index contributed by atoms with van der Waals surface area (Å²) >= 11 is 1.13. The molecular formula is C16H19N4O4S+. The highest BCUT2D eigenvalue weighted by Crippen LogP contribution is 2.24. The third kappa shape index (κ3) is 5.08. The van der Waals surface area contributed by atoms with Crippen LogP contribution in [0.2, 0.25) is 0 Å². The molecule has 0 aliphatic carbocycles. The van der Waals surface area contributed by atoms with Crippen LogP contribution >= 0.6 is 11.8 Å². The van der Waals surface area contributed by atoms with Crippen LogP contribution in [0.1, 0.15) is 12.5 Å². The van der Waals surface area contributed by atoms with Crippen LogP contribution in [0.3, 0.4) is 0 Å². The van der Waals surface area contributed by atoms with Crippen LogP contribution in [-0.2, 0) is 11.3 Å². The van der Waals surface area contributed by atoms with Crippen molar-refractivity contribution in [3.05, 3.63) is 75.7 Å². The van der Waals surface area contributed by atoms with Crippen molar-refractivity contribution in [2.24, 2.45) is 0 Å². The molecule has 0 saturated carbocycles. The van der Waals surface area contributed by atoms with Gasteiger partial charge in [-0.3, -0.25) is 10.1 Å². The van der Waals surface area contributed by atoms with E-state index in [1.54, 1.807) is 24.2 Å². The maximum Gasteiger partial charge on any atom is 0.319 e. The molecule has 0 aliphatic heterocycles. The molecule has 1 heterocycles. The lowest BCUT2D eigenvalue weighted by molar-refractivity contribution is -0.582. The van der Waals surface area contributed by atoms with Crippen molar-refractivity contribution in [2.75, 3.05) is 12.9 Å². The minimum absolute atomic E-state index is 0.172. The lowest BCUT2D eigenvalue weighted by Crippen LogP contribution is -2.32. The molecule has 0 aliphatic rings. The molecule has 9 heteroatoms. The fourth-order valence-corrected chi connectivity index (χ4v) is 2.72. The summed E-state index contributed by atoms with van der Waals surface area (Å²) in [5.74, 6) is -0.394. The van der Waals surface area contributed by atoms with Crippen molar-refractivity contribution < 1.29 is 19.3 Å². The fourth-order valence-electron chi connectivity index (χ4n) is 2.15. The van der Waals surface area contributed by atoms with Crippen molar-refractivity contribution >= 4 is 17.5 Å². The molecule has 0 atom stereocenters. The smallest absolute Gasteiger partial charge is 0.319 e. The Balaban J connectivity index is 2.39. The molecule has 0 radical (unpaired) electrons. The van der Waals surface area contributed by atoms with Gasteiger partial charge in [0.05, 0.1) is 11.5 Å². The number of rotatable bonds is 8. The van der Waals surface area contributed by atoms with Crippen molar-refractivity contribution in [2.45, 2.75) is 13.5 Å². The first kappa shape index (κ1) is 18.5. The molecule has 0 spiro atoms. The number of allylic oxidation sites excluding steroid dienone is 1. The average molecular weight is 363 g/mol. The van der Waals surface area contributed by atoms with Gasteiger partial charge in [0.25, 0.3) is 12.5 Å². The summed E-state index contributed by atoms with van der Waals surface area (Å²) in [5.41, 5.74) is 1.23. The normalized spacial score (nSPS) is 12.6. The molecule has 0 saturated heterocycles. The van der Waals surface area contributed by atoms with E-state index in [4.69, 9.17) is 4.74 Å². The lowest BCUT2D eigenvalue weighted by atomic mass is 10.2. The fraction of sp³-hybridized carbons (Fsp3) is 0.250.